The zero-order chi connectivity index (χ0) is 32.5. The van der Waals surface area contributed by atoms with E-state index in [0.29, 0.717) is 0 Å². The van der Waals surface area contributed by atoms with E-state index < -0.39 is 0 Å². The highest BCUT2D eigenvalue weighted by molar-refractivity contribution is 6.27. The molecule has 1 aliphatic rings. The molecule has 12 rings (SSSR count). The van der Waals surface area contributed by atoms with Crippen LogP contribution in [0.1, 0.15) is 0 Å². The van der Waals surface area contributed by atoms with E-state index in [1.165, 1.54) is 71.3 Å². The Balaban J connectivity index is 1.12. The molecule has 0 N–H and O–H groups in total. The van der Waals surface area contributed by atoms with E-state index >= 15 is 0 Å². The van der Waals surface area contributed by atoms with Crippen LogP contribution in [0.2, 0.25) is 0 Å². The van der Waals surface area contributed by atoms with Gasteiger partial charge in [-0.2, -0.15) is 0 Å². The molecule has 2 nitrogen and oxygen atoms in total. The van der Waals surface area contributed by atoms with E-state index in [9.17, 15) is 0 Å². The second-order valence-corrected chi connectivity index (χ2v) is 13.5. The van der Waals surface area contributed by atoms with Gasteiger partial charge in [-0.15, -0.1) is 0 Å². The largest absolute Gasteiger partial charge is 0.456 e. The maximum Gasteiger partial charge on any atom is 0.139 e. The maximum atomic E-state index is 6.58. The van der Waals surface area contributed by atoms with E-state index in [-0.39, 0.29) is 0 Å². The fraction of sp³-hybridized carbons (Fsp3) is 0. The second kappa shape index (κ2) is 9.49. The van der Waals surface area contributed by atoms with Crippen molar-refractivity contribution < 1.29 is 8.83 Å². The third-order valence-corrected chi connectivity index (χ3v) is 11.0. The Morgan fingerprint density at radius 2 is 0.760 bits per heavy atom. The third-order valence-electron chi connectivity index (χ3n) is 11.0. The Morgan fingerprint density at radius 1 is 0.260 bits per heavy atom. The lowest BCUT2D eigenvalue weighted by molar-refractivity contribution is 0.656. The number of hydrogen-bond acceptors (Lipinski definition) is 2. The Hall–Kier alpha value is -6.64. The normalized spacial score (nSPS) is 12.4. The average Bonchev–Trinajstić information content (AvgIpc) is 3.82. The molecule has 0 bridgehead atoms. The molecule has 0 spiro atoms. The molecule has 0 fully saturated rings. The van der Waals surface area contributed by atoms with Crippen LogP contribution in [0.5, 0.6) is 0 Å². The van der Waals surface area contributed by atoms with Crippen molar-refractivity contribution >= 4 is 76.2 Å². The summed E-state index contributed by atoms with van der Waals surface area (Å²) in [5.74, 6) is 0. The topological polar surface area (TPSA) is 26.3 Å². The molecule has 2 heterocycles. The molecular formula is C48H26O2. The first-order valence-corrected chi connectivity index (χ1v) is 17.2. The first-order valence-electron chi connectivity index (χ1n) is 17.2. The molecule has 0 radical (unpaired) electrons. The summed E-state index contributed by atoms with van der Waals surface area (Å²) in [6.45, 7) is 0. The van der Waals surface area contributed by atoms with Crippen LogP contribution in [0.15, 0.2) is 167 Å². The molecule has 11 aromatic rings. The molecule has 2 heteroatoms. The summed E-state index contributed by atoms with van der Waals surface area (Å²) in [5, 5.41) is 12.0. The summed E-state index contributed by atoms with van der Waals surface area (Å²) in [5.41, 5.74) is 13.6. The lowest BCUT2D eigenvalue weighted by Crippen LogP contribution is -1.92. The van der Waals surface area contributed by atoms with Crippen molar-refractivity contribution in [3.8, 4) is 44.5 Å². The van der Waals surface area contributed by atoms with Gasteiger partial charge in [0.1, 0.15) is 22.3 Å². The molecule has 0 amide bonds. The number of furan rings is 2. The molecule has 50 heavy (non-hydrogen) atoms. The van der Waals surface area contributed by atoms with Gasteiger partial charge in [0.25, 0.3) is 0 Å². The quantitative estimate of drug-likeness (QED) is 0.177. The molecule has 0 atom stereocenters. The van der Waals surface area contributed by atoms with Crippen LogP contribution >= 0.6 is 0 Å². The Labute approximate surface area is 286 Å². The molecule has 0 saturated carbocycles. The van der Waals surface area contributed by atoms with E-state index in [0.717, 1.165) is 49.4 Å². The monoisotopic (exact) mass is 634 g/mol. The molecule has 0 aliphatic heterocycles. The maximum absolute atomic E-state index is 6.58. The minimum Gasteiger partial charge on any atom is -0.456 e. The minimum absolute atomic E-state index is 0.836. The smallest absolute Gasteiger partial charge is 0.139 e. The molecular weight excluding hydrogens is 609 g/mol. The van der Waals surface area contributed by atoms with Crippen molar-refractivity contribution in [2.45, 2.75) is 0 Å². The van der Waals surface area contributed by atoms with Crippen LogP contribution in [0, 0.1) is 0 Å². The van der Waals surface area contributed by atoms with Gasteiger partial charge in [-0.05, 0) is 101 Å². The van der Waals surface area contributed by atoms with Gasteiger partial charge < -0.3 is 8.83 Å². The Kier molecular flexibility index (Phi) is 5.00. The fourth-order valence-corrected chi connectivity index (χ4v) is 8.91. The van der Waals surface area contributed by atoms with E-state index in [1.807, 2.05) is 18.2 Å². The van der Waals surface area contributed by atoms with Gasteiger partial charge in [-0.25, -0.2) is 0 Å². The highest BCUT2D eigenvalue weighted by atomic mass is 16.3. The van der Waals surface area contributed by atoms with Gasteiger partial charge in [-0.1, -0.05) is 127 Å². The lowest BCUT2D eigenvalue weighted by atomic mass is 9.84. The summed E-state index contributed by atoms with van der Waals surface area (Å²) in [6, 6.07) is 57.2. The molecule has 2 aromatic heterocycles. The van der Waals surface area contributed by atoms with Crippen molar-refractivity contribution in [3.63, 3.8) is 0 Å². The minimum atomic E-state index is 0.836. The van der Waals surface area contributed by atoms with Crippen LogP contribution in [-0.4, -0.2) is 0 Å². The van der Waals surface area contributed by atoms with E-state index in [4.69, 9.17) is 8.83 Å². The number of benzene rings is 9. The van der Waals surface area contributed by atoms with Gasteiger partial charge in [0, 0.05) is 27.6 Å². The SMILES string of the molecule is c1ccc2c(c1)-c1cccc3c(-c4c5ccccc5c(-c5ccc6c(c5)oc5cc7oc8ccccc8c7cc56)c5ccccc45)ccc-2c13. The summed E-state index contributed by atoms with van der Waals surface area (Å²) in [4.78, 5) is 0. The van der Waals surface area contributed by atoms with Gasteiger partial charge in [0.15, 0.2) is 0 Å². The number of fused-ring (bicyclic) bond motifs is 11. The van der Waals surface area contributed by atoms with Crippen molar-refractivity contribution in [2.75, 3.05) is 0 Å². The predicted molar refractivity (Wildman–Crippen MR) is 209 cm³/mol. The number of para-hydroxylation sites is 1. The van der Waals surface area contributed by atoms with Gasteiger partial charge >= 0.3 is 0 Å². The van der Waals surface area contributed by atoms with Crippen molar-refractivity contribution in [1.29, 1.82) is 0 Å². The molecule has 0 saturated heterocycles. The summed E-state index contributed by atoms with van der Waals surface area (Å²) >= 11 is 0. The van der Waals surface area contributed by atoms with Gasteiger partial charge in [-0.3, -0.25) is 0 Å². The first-order chi connectivity index (χ1) is 24.8. The number of rotatable bonds is 2. The molecule has 230 valence electrons. The van der Waals surface area contributed by atoms with E-state index in [1.54, 1.807) is 0 Å². The zero-order valence-corrected chi connectivity index (χ0v) is 26.8. The third kappa shape index (κ3) is 3.37. The standard InChI is InChI=1S/C48H26O2/c1-2-11-29-28(10-1)32-17-9-18-37-39(23-22-38(29)47(32)37)48-35-15-5-3-13-33(35)46(34-14-4-6-16-36(34)48)27-20-21-31-41-25-40-30-12-7-8-19-42(30)49-44(40)26-45(41)50-43(31)24-27/h1-26H. The average molecular weight is 635 g/mol. The van der Waals surface area contributed by atoms with Crippen LogP contribution in [0.25, 0.3) is 121 Å². The highest BCUT2D eigenvalue weighted by Gasteiger charge is 2.24. The molecule has 1 aliphatic carbocycles. The van der Waals surface area contributed by atoms with Crippen molar-refractivity contribution in [1.82, 2.24) is 0 Å². The van der Waals surface area contributed by atoms with Gasteiger partial charge in [0.2, 0.25) is 0 Å². The van der Waals surface area contributed by atoms with Crippen LogP contribution in [0.3, 0.4) is 0 Å². The molecule has 0 unspecified atom stereocenters. The Morgan fingerprint density at radius 3 is 1.48 bits per heavy atom. The van der Waals surface area contributed by atoms with E-state index in [2.05, 4.69) is 140 Å². The van der Waals surface area contributed by atoms with Gasteiger partial charge in [0.05, 0.1) is 0 Å². The van der Waals surface area contributed by atoms with Crippen LogP contribution in [0.4, 0.5) is 0 Å². The number of hydrogen-bond donors (Lipinski definition) is 0. The highest BCUT2D eigenvalue weighted by Crippen LogP contribution is 2.52. The van der Waals surface area contributed by atoms with Crippen molar-refractivity contribution in [3.05, 3.63) is 158 Å². The molecule has 9 aromatic carbocycles. The lowest BCUT2D eigenvalue weighted by Gasteiger charge is -2.19. The summed E-state index contributed by atoms with van der Waals surface area (Å²) < 4.78 is 12.8. The second-order valence-electron chi connectivity index (χ2n) is 13.5. The van der Waals surface area contributed by atoms with Crippen molar-refractivity contribution in [2.24, 2.45) is 0 Å². The van der Waals surface area contributed by atoms with Crippen LogP contribution in [-0.2, 0) is 0 Å². The summed E-state index contributed by atoms with van der Waals surface area (Å²) in [6.07, 6.45) is 0. The fourth-order valence-electron chi connectivity index (χ4n) is 8.91. The zero-order valence-electron chi connectivity index (χ0n) is 26.8. The van der Waals surface area contributed by atoms with Crippen LogP contribution < -0.4 is 0 Å². The predicted octanol–water partition coefficient (Wildman–Crippen LogP) is 13.9. The first kappa shape index (κ1) is 26.3. The summed E-state index contributed by atoms with van der Waals surface area (Å²) in [7, 11) is 0. The Bertz CT molecular complexity index is 3180.